The summed E-state index contributed by atoms with van der Waals surface area (Å²) in [5.74, 6) is 0.744. The number of benzene rings is 1. The highest BCUT2D eigenvalue weighted by Gasteiger charge is 2.23. The summed E-state index contributed by atoms with van der Waals surface area (Å²) in [6, 6.07) is 6.74. The van der Waals surface area contributed by atoms with Crippen LogP contribution in [-0.4, -0.2) is 26.3 Å². The number of para-hydroxylation sites is 1. The quantitative estimate of drug-likeness (QED) is 0.671. The van der Waals surface area contributed by atoms with Gasteiger partial charge in [0.15, 0.2) is 0 Å². The molecule has 2 heterocycles. The summed E-state index contributed by atoms with van der Waals surface area (Å²) in [7, 11) is 0. The standard InChI is InChI=1S/C17H20N4O3/c1-2-5-16-18-14-8-9-20(11-13(14)17(22)19-16)10-12-6-3-4-7-15(12)21(23)24/h3-4,6-7H,2,5,8-11H2,1H3,(H,18,19,22). The Hall–Kier alpha value is -2.54. The Morgan fingerprint density at radius 1 is 1.38 bits per heavy atom. The van der Waals surface area contributed by atoms with E-state index in [4.69, 9.17) is 0 Å². The van der Waals surface area contributed by atoms with Gasteiger partial charge in [-0.3, -0.25) is 19.8 Å². The van der Waals surface area contributed by atoms with Crippen LogP contribution in [0.1, 0.15) is 36.0 Å². The molecule has 1 N–H and O–H groups in total. The maximum atomic E-state index is 12.3. The highest BCUT2D eigenvalue weighted by molar-refractivity contribution is 5.39. The first-order valence-corrected chi connectivity index (χ1v) is 8.14. The number of aromatic nitrogens is 2. The second-order valence-electron chi connectivity index (χ2n) is 6.03. The molecule has 3 rings (SSSR count). The zero-order chi connectivity index (χ0) is 17.1. The molecule has 7 nitrogen and oxygen atoms in total. The second-order valence-corrected chi connectivity index (χ2v) is 6.03. The third kappa shape index (κ3) is 3.35. The minimum atomic E-state index is -0.362. The third-order valence-electron chi connectivity index (χ3n) is 4.27. The number of hydrogen-bond acceptors (Lipinski definition) is 5. The van der Waals surface area contributed by atoms with Crippen LogP contribution in [0.4, 0.5) is 5.69 Å². The van der Waals surface area contributed by atoms with Gasteiger partial charge in [0.2, 0.25) is 0 Å². The van der Waals surface area contributed by atoms with E-state index >= 15 is 0 Å². The molecule has 0 radical (unpaired) electrons. The molecule has 1 aromatic heterocycles. The van der Waals surface area contributed by atoms with E-state index in [1.165, 1.54) is 6.07 Å². The van der Waals surface area contributed by atoms with Gasteiger partial charge in [-0.25, -0.2) is 4.98 Å². The molecule has 7 heteroatoms. The third-order valence-corrected chi connectivity index (χ3v) is 4.27. The Morgan fingerprint density at radius 2 is 2.17 bits per heavy atom. The van der Waals surface area contributed by atoms with E-state index in [0.29, 0.717) is 30.6 Å². The summed E-state index contributed by atoms with van der Waals surface area (Å²) in [5.41, 5.74) is 2.24. The first-order chi connectivity index (χ1) is 11.6. The predicted octanol–water partition coefficient (Wildman–Crippen LogP) is 2.19. The zero-order valence-electron chi connectivity index (χ0n) is 13.6. The molecule has 0 saturated carbocycles. The van der Waals surface area contributed by atoms with E-state index in [9.17, 15) is 14.9 Å². The van der Waals surface area contributed by atoms with E-state index in [-0.39, 0.29) is 16.2 Å². The Labute approximate surface area is 139 Å². The van der Waals surface area contributed by atoms with Crippen molar-refractivity contribution >= 4 is 5.69 Å². The van der Waals surface area contributed by atoms with Crippen LogP contribution >= 0.6 is 0 Å². The van der Waals surface area contributed by atoms with Gasteiger partial charge in [0.05, 0.1) is 16.2 Å². The van der Waals surface area contributed by atoms with Crippen molar-refractivity contribution in [2.45, 2.75) is 39.3 Å². The van der Waals surface area contributed by atoms with E-state index in [2.05, 4.69) is 14.9 Å². The molecule has 1 aromatic carbocycles. The van der Waals surface area contributed by atoms with E-state index < -0.39 is 0 Å². The van der Waals surface area contributed by atoms with Crippen LogP contribution in [0.3, 0.4) is 0 Å². The van der Waals surface area contributed by atoms with Gasteiger partial charge in [-0.1, -0.05) is 25.1 Å². The van der Waals surface area contributed by atoms with Crippen molar-refractivity contribution in [1.82, 2.24) is 14.9 Å². The number of nitro benzene ring substituents is 1. The maximum absolute atomic E-state index is 12.3. The lowest BCUT2D eigenvalue weighted by Crippen LogP contribution is -2.36. The van der Waals surface area contributed by atoms with Crippen LogP contribution in [0, 0.1) is 10.1 Å². The number of nitrogens with one attached hydrogen (secondary N) is 1. The number of rotatable bonds is 5. The number of fused-ring (bicyclic) bond motifs is 1. The SMILES string of the molecule is CCCc1nc2c(c(=O)[nH]1)CN(Cc1ccccc1[N+](=O)[O-])CC2. The number of H-pyrrole nitrogens is 1. The Kier molecular flexibility index (Phi) is 4.71. The van der Waals surface area contributed by atoms with Gasteiger partial charge in [-0.05, 0) is 6.42 Å². The van der Waals surface area contributed by atoms with Crippen LogP contribution in [0.2, 0.25) is 0 Å². The van der Waals surface area contributed by atoms with Crippen molar-refractivity contribution in [1.29, 1.82) is 0 Å². The van der Waals surface area contributed by atoms with Crippen molar-refractivity contribution in [3.05, 3.63) is 67.4 Å². The lowest BCUT2D eigenvalue weighted by Gasteiger charge is -2.27. The largest absolute Gasteiger partial charge is 0.310 e. The molecule has 0 atom stereocenters. The van der Waals surface area contributed by atoms with Gasteiger partial charge < -0.3 is 4.98 Å². The highest BCUT2D eigenvalue weighted by Crippen LogP contribution is 2.22. The van der Waals surface area contributed by atoms with Crippen LogP contribution in [0.25, 0.3) is 0 Å². The highest BCUT2D eigenvalue weighted by atomic mass is 16.6. The minimum Gasteiger partial charge on any atom is -0.310 e. The van der Waals surface area contributed by atoms with Gasteiger partial charge >= 0.3 is 0 Å². The zero-order valence-corrected chi connectivity index (χ0v) is 13.6. The topological polar surface area (TPSA) is 92.1 Å². The molecule has 1 aliphatic rings. The normalized spacial score (nSPS) is 14.4. The molecule has 0 amide bonds. The lowest BCUT2D eigenvalue weighted by molar-refractivity contribution is -0.385. The summed E-state index contributed by atoms with van der Waals surface area (Å²) in [4.78, 5) is 32.5. The van der Waals surface area contributed by atoms with Gasteiger partial charge in [0, 0.05) is 44.1 Å². The van der Waals surface area contributed by atoms with Gasteiger partial charge in [0.1, 0.15) is 5.82 Å². The number of nitrogens with zero attached hydrogens (tertiary/aromatic N) is 3. The molecule has 2 aromatic rings. The van der Waals surface area contributed by atoms with E-state index in [1.54, 1.807) is 18.2 Å². The number of hydrogen-bond donors (Lipinski definition) is 1. The maximum Gasteiger partial charge on any atom is 0.273 e. The molecule has 0 bridgehead atoms. The Bertz CT molecular complexity index is 816. The molecule has 24 heavy (non-hydrogen) atoms. The van der Waals surface area contributed by atoms with Crippen molar-refractivity contribution in [3.63, 3.8) is 0 Å². The van der Waals surface area contributed by atoms with Crippen molar-refractivity contribution in [2.75, 3.05) is 6.54 Å². The van der Waals surface area contributed by atoms with E-state index in [1.807, 2.05) is 6.92 Å². The predicted molar refractivity (Wildman–Crippen MR) is 89.8 cm³/mol. The summed E-state index contributed by atoms with van der Waals surface area (Å²) in [6.07, 6.45) is 2.39. The number of aryl methyl sites for hydroxylation is 1. The summed E-state index contributed by atoms with van der Waals surface area (Å²) in [6.45, 7) is 3.71. The average molecular weight is 328 g/mol. The van der Waals surface area contributed by atoms with Crippen LogP contribution in [0.5, 0.6) is 0 Å². The summed E-state index contributed by atoms with van der Waals surface area (Å²) < 4.78 is 0. The molecule has 0 saturated heterocycles. The molecule has 0 spiro atoms. The second kappa shape index (κ2) is 6.92. The molecule has 126 valence electrons. The first kappa shape index (κ1) is 16.3. The average Bonchev–Trinajstić information content (AvgIpc) is 2.56. The smallest absolute Gasteiger partial charge is 0.273 e. The Morgan fingerprint density at radius 3 is 2.92 bits per heavy atom. The summed E-state index contributed by atoms with van der Waals surface area (Å²) in [5, 5.41) is 11.1. The fraction of sp³-hybridized carbons (Fsp3) is 0.412. The molecule has 0 aliphatic carbocycles. The molecule has 0 unspecified atom stereocenters. The number of aromatic amines is 1. The summed E-state index contributed by atoms with van der Waals surface area (Å²) >= 11 is 0. The van der Waals surface area contributed by atoms with Crippen molar-refractivity contribution < 1.29 is 4.92 Å². The molecular formula is C17H20N4O3. The van der Waals surface area contributed by atoms with Crippen molar-refractivity contribution in [2.24, 2.45) is 0 Å². The lowest BCUT2D eigenvalue weighted by atomic mass is 10.1. The molecule has 1 aliphatic heterocycles. The Balaban J connectivity index is 1.81. The van der Waals surface area contributed by atoms with E-state index in [0.717, 1.165) is 30.9 Å². The van der Waals surface area contributed by atoms with Gasteiger partial charge in [-0.2, -0.15) is 0 Å². The fourth-order valence-electron chi connectivity index (χ4n) is 3.09. The van der Waals surface area contributed by atoms with Crippen molar-refractivity contribution in [3.8, 4) is 0 Å². The number of nitro groups is 1. The fourth-order valence-corrected chi connectivity index (χ4v) is 3.09. The minimum absolute atomic E-state index is 0.0873. The van der Waals surface area contributed by atoms with Crippen LogP contribution in [0.15, 0.2) is 29.1 Å². The van der Waals surface area contributed by atoms with Gasteiger partial charge in [0.25, 0.3) is 11.2 Å². The van der Waals surface area contributed by atoms with Gasteiger partial charge in [-0.15, -0.1) is 0 Å². The first-order valence-electron chi connectivity index (χ1n) is 8.14. The van der Waals surface area contributed by atoms with Crippen LogP contribution in [-0.2, 0) is 25.9 Å². The monoisotopic (exact) mass is 328 g/mol. The molecule has 0 fully saturated rings. The molecular weight excluding hydrogens is 308 g/mol. The van der Waals surface area contributed by atoms with Crippen LogP contribution < -0.4 is 5.56 Å².